The molecule has 0 saturated heterocycles. The molecule has 3 N–H and O–H groups in total. The summed E-state index contributed by atoms with van der Waals surface area (Å²) in [6.07, 6.45) is 0. The van der Waals surface area contributed by atoms with Crippen molar-refractivity contribution in [2.24, 2.45) is 0 Å². The van der Waals surface area contributed by atoms with E-state index in [2.05, 4.69) is 5.32 Å². The number of aliphatic hydroxyl groups is 1. The molecular formula is C14H15Cl2NO2S. The molecule has 0 bridgehead atoms. The second kappa shape index (κ2) is 6.33. The molecule has 6 heteroatoms. The van der Waals surface area contributed by atoms with Crippen molar-refractivity contribution in [3.8, 4) is 5.75 Å². The number of nitrogens with one attached hydrogen (secondary N) is 1. The van der Waals surface area contributed by atoms with Gasteiger partial charge >= 0.3 is 0 Å². The van der Waals surface area contributed by atoms with E-state index in [1.807, 2.05) is 16.8 Å². The third-order valence-electron chi connectivity index (χ3n) is 3.03. The zero-order chi connectivity index (χ0) is 14.8. The Morgan fingerprint density at radius 3 is 2.75 bits per heavy atom. The first kappa shape index (κ1) is 15.6. The zero-order valence-corrected chi connectivity index (χ0v) is 13.2. The molecule has 2 aromatic rings. The van der Waals surface area contributed by atoms with Crippen LogP contribution in [0.2, 0.25) is 10.0 Å². The summed E-state index contributed by atoms with van der Waals surface area (Å²) >= 11 is 13.3. The number of hydrogen-bond acceptors (Lipinski definition) is 4. The Balaban J connectivity index is 2.00. The van der Waals surface area contributed by atoms with Gasteiger partial charge in [0, 0.05) is 23.7 Å². The summed E-state index contributed by atoms with van der Waals surface area (Å²) in [6.45, 7) is 2.46. The quantitative estimate of drug-likeness (QED) is 0.781. The van der Waals surface area contributed by atoms with E-state index in [9.17, 15) is 10.2 Å². The third kappa shape index (κ3) is 3.65. The highest BCUT2D eigenvalue weighted by atomic mass is 35.5. The molecule has 0 aliphatic heterocycles. The van der Waals surface area contributed by atoms with Gasteiger partial charge in [-0.3, -0.25) is 0 Å². The molecule has 1 aromatic carbocycles. The van der Waals surface area contributed by atoms with E-state index in [1.165, 1.54) is 17.4 Å². The monoisotopic (exact) mass is 331 g/mol. The lowest BCUT2D eigenvalue weighted by atomic mass is 9.99. The van der Waals surface area contributed by atoms with E-state index >= 15 is 0 Å². The Morgan fingerprint density at radius 1 is 1.35 bits per heavy atom. The molecule has 1 unspecified atom stereocenters. The maximum atomic E-state index is 10.4. The highest BCUT2D eigenvalue weighted by molar-refractivity contribution is 7.08. The van der Waals surface area contributed by atoms with Gasteiger partial charge in [-0.1, -0.05) is 23.2 Å². The zero-order valence-electron chi connectivity index (χ0n) is 10.9. The summed E-state index contributed by atoms with van der Waals surface area (Å²) in [6, 6.07) is 5.03. The topological polar surface area (TPSA) is 52.5 Å². The molecule has 1 aromatic heterocycles. The van der Waals surface area contributed by atoms with E-state index in [1.54, 1.807) is 13.0 Å². The number of halogens is 2. The van der Waals surface area contributed by atoms with Crippen molar-refractivity contribution in [2.45, 2.75) is 19.1 Å². The molecule has 0 fully saturated rings. The van der Waals surface area contributed by atoms with Gasteiger partial charge in [-0.2, -0.15) is 11.3 Å². The summed E-state index contributed by atoms with van der Waals surface area (Å²) in [5, 5.41) is 27.8. The standard InChI is InChI=1S/C14H15Cl2NO2S/c1-14(19,10-2-3-20-7-10)8-17-6-9-4-11(15)5-12(16)13(9)18/h2-5,7,17-19H,6,8H2,1H3. The maximum Gasteiger partial charge on any atom is 0.138 e. The minimum Gasteiger partial charge on any atom is -0.506 e. The molecule has 0 saturated carbocycles. The first-order valence-corrected chi connectivity index (χ1v) is 7.72. The summed E-state index contributed by atoms with van der Waals surface area (Å²) in [5.41, 5.74) is 0.504. The van der Waals surface area contributed by atoms with E-state index in [-0.39, 0.29) is 10.8 Å². The molecule has 20 heavy (non-hydrogen) atoms. The SMILES string of the molecule is CC(O)(CNCc1cc(Cl)cc(Cl)c1O)c1ccsc1. The molecule has 0 amide bonds. The molecule has 1 atom stereocenters. The van der Waals surface area contributed by atoms with E-state index < -0.39 is 5.60 Å². The highest BCUT2D eigenvalue weighted by Gasteiger charge is 2.23. The van der Waals surface area contributed by atoms with Crippen LogP contribution in [0.15, 0.2) is 29.0 Å². The van der Waals surface area contributed by atoms with Crippen LogP contribution >= 0.6 is 34.5 Å². The fraction of sp³-hybridized carbons (Fsp3) is 0.286. The summed E-state index contributed by atoms with van der Waals surface area (Å²) in [5.74, 6) is 0.0127. The van der Waals surface area contributed by atoms with Crippen LogP contribution in [-0.4, -0.2) is 16.8 Å². The maximum absolute atomic E-state index is 10.4. The van der Waals surface area contributed by atoms with Gasteiger partial charge < -0.3 is 15.5 Å². The van der Waals surface area contributed by atoms with Crippen molar-refractivity contribution in [2.75, 3.05) is 6.54 Å². The molecule has 0 aliphatic carbocycles. The van der Waals surface area contributed by atoms with Crippen LogP contribution in [0.3, 0.4) is 0 Å². The van der Waals surface area contributed by atoms with Gasteiger partial charge in [-0.15, -0.1) is 0 Å². The Hall–Kier alpha value is -0.780. The fourth-order valence-corrected chi connectivity index (χ4v) is 3.19. The Labute approximate surface area is 131 Å². The predicted molar refractivity (Wildman–Crippen MR) is 83.7 cm³/mol. The third-order valence-corrected chi connectivity index (χ3v) is 4.22. The molecule has 1 heterocycles. The first-order chi connectivity index (χ1) is 9.40. The lowest BCUT2D eigenvalue weighted by Crippen LogP contribution is -2.34. The molecule has 2 rings (SSSR count). The van der Waals surface area contributed by atoms with E-state index in [0.717, 1.165) is 5.56 Å². The normalized spacial score (nSPS) is 14.2. The summed E-state index contributed by atoms with van der Waals surface area (Å²) in [4.78, 5) is 0. The number of phenolic OH excluding ortho intramolecular Hbond substituents is 1. The fourth-order valence-electron chi connectivity index (χ4n) is 1.87. The lowest BCUT2D eigenvalue weighted by Gasteiger charge is -2.23. The van der Waals surface area contributed by atoms with Crippen LogP contribution < -0.4 is 5.32 Å². The summed E-state index contributed by atoms with van der Waals surface area (Å²) < 4.78 is 0. The van der Waals surface area contributed by atoms with E-state index in [4.69, 9.17) is 23.2 Å². The Kier molecular flexibility index (Phi) is 4.94. The first-order valence-electron chi connectivity index (χ1n) is 6.03. The summed E-state index contributed by atoms with van der Waals surface area (Å²) in [7, 11) is 0. The van der Waals surface area contributed by atoms with Gasteiger partial charge in [0.15, 0.2) is 0 Å². The van der Waals surface area contributed by atoms with Crippen molar-refractivity contribution < 1.29 is 10.2 Å². The number of thiophene rings is 1. The minimum atomic E-state index is -0.960. The predicted octanol–water partition coefficient (Wildman–Crippen LogP) is 3.76. The molecular weight excluding hydrogens is 317 g/mol. The smallest absolute Gasteiger partial charge is 0.138 e. The van der Waals surface area contributed by atoms with Crippen LogP contribution in [0.4, 0.5) is 0 Å². The number of benzene rings is 1. The second-order valence-corrected chi connectivity index (χ2v) is 6.41. The lowest BCUT2D eigenvalue weighted by molar-refractivity contribution is 0.0570. The van der Waals surface area contributed by atoms with Gasteiger partial charge in [-0.25, -0.2) is 0 Å². The van der Waals surface area contributed by atoms with Crippen LogP contribution in [-0.2, 0) is 12.1 Å². The van der Waals surface area contributed by atoms with Gasteiger partial charge in [0.1, 0.15) is 5.75 Å². The van der Waals surface area contributed by atoms with Crippen molar-refractivity contribution >= 4 is 34.5 Å². The number of phenols is 1. The van der Waals surface area contributed by atoms with Crippen molar-refractivity contribution in [1.29, 1.82) is 0 Å². The van der Waals surface area contributed by atoms with Crippen molar-refractivity contribution in [1.82, 2.24) is 5.32 Å². The van der Waals surface area contributed by atoms with Gasteiger partial charge in [0.25, 0.3) is 0 Å². The van der Waals surface area contributed by atoms with E-state index in [0.29, 0.717) is 23.7 Å². The molecule has 0 aliphatic rings. The van der Waals surface area contributed by atoms with Crippen LogP contribution in [0.5, 0.6) is 5.75 Å². The number of hydrogen-bond donors (Lipinski definition) is 3. The average Bonchev–Trinajstić information content (AvgIpc) is 2.89. The Morgan fingerprint density at radius 2 is 2.10 bits per heavy atom. The van der Waals surface area contributed by atoms with Crippen LogP contribution in [0.1, 0.15) is 18.1 Å². The highest BCUT2D eigenvalue weighted by Crippen LogP contribution is 2.31. The minimum absolute atomic E-state index is 0.0127. The Bertz CT molecular complexity index is 585. The van der Waals surface area contributed by atoms with Crippen LogP contribution in [0.25, 0.3) is 0 Å². The van der Waals surface area contributed by atoms with Crippen LogP contribution in [0, 0.1) is 0 Å². The average molecular weight is 332 g/mol. The largest absolute Gasteiger partial charge is 0.506 e. The van der Waals surface area contributed by atoms with Gasteiger partial charge in [0.05, 0.1) is 10.6 Å². The molecule has 0 spiro atoms. The van der Waals surface area contributed by atoms with Crippen molar-refractivity contribution in [3.63, 3.8) is 0 Å². The molecule has 3 nitrogen and oxygen atoms in total. The number of rotatable bonds is 5. The molecule has 108 valence electrons. The van der Waals surface area contributed by atoms with Gasteiger partial charge in [-0.05, 0) is 41.4 Å². The molecule has 0 radical (unpaired) electrons. The second-order valence-electron chi connectivity index (χ2n) is 4.78. The number of aromatic hydroxyl groups is 1. The van der Waals surface area contributed by atoms with Gasteiger partial charge in [0.2, 0.25) is 0 Å². The van der Waals surface area contributed by atoms with Crippen molar-refractivity contribution in [3.05, 3.63) is 50.1 Å².